The van der Waals surface area contributed by atoms with E-state index in [0.29, 0.717) is 17.4 Å². The van der Waals surface area contributed by atoms with Crippen molar-refractivity contribution in [1.29, 1.82) is 0 Å². The molecule has 5 heteroatoms. The number of carbonyl (C=O) groups excluding carboxylic acids is 1. The van der Waals surface area contributed by atoms with Gasteiger partial charge in [-0.15, -0.1) is 0 Å². The topological polar surface area (TPSA) is 48.0 Å². The van der Waals surface area contributed by atoms with E-state index in [9.17, 15) is 4.79 Å². The summed E-state index contributed by atoms with van der Waals surface area (Å²) in [5.41, 5.74) is 3.16. The summed E-state index contributed by atoms with van der Waals surface area (Å²) in [6, 6.07) is 6.97. The van der Waals surface area contributed by atoms with Crippen LogP contribution in [-0.4, -0.2) is 43.6 Å². The maximum atomic E-state index is 11.8. The third-order valence-corrected chi connectivity index (χ3v) is 7.35. The first kappa shape index (κ1) is 22.9. The Hall–Kier alpha value is -1.75. The van der Waals surface area contributed by atoms with Crippen LogP contribution in [0.15, 0.2) is 18.2 Å². The van der Waals surface area contributed by atoms with Gasteiger partial charge in [0.05, 0.1) is 0 Å². The van der Waals surface area contributed by atoms with Crippen molar-refractivity contribution in [3.05, 3.63) is 29.3 Å². The van der Waals surface area contributed by atoms with Crippen LogP contribution in [0.4, 0.5) is 4.79 Å². The molecule has 0 radical (unpaired) electrons. The molecule has 2 unspecified atom stereocenters. The number of rotatable bonds is 8. The molecule has 0 saturated heterocycles. The normalized spacial score (nSPS) is 26.5. The molecule has 2 aliphatic carbocycles. The fraction of sp³-hybridized carbons (Fsp3) is 0.720. The third-order valence-electron chi connectivity index (χ3n) is 7.35. The van der Waals surface area contributed by atoms with Crippen molar-refractivity contribution in [2.75, 3.05) is 20.4 Å². The van der Waals surface area contributed by atoms with Crippen LogP contribution < -0.4 is 4.74 Å². The monoisotopic (exact) mass is 417 g/mol. The molecule has 0 spiro atoms. The second-order valence-corrected chi connectivity index (χ2v) is 9.33. The number of ether oxygens (including phenoxy) is 3. The Morgan fingerprint density at radius 3 is 2.83 bits per heavy atom. The van der Waals surface area contributed by atoms with E-state index in [1.165, 1.54) is 36.8 Å². The highest BCUT2D eigenvalue weighted by atomic mass is 16.8. The summed E-state index contributed by atoms with van der Waals surface area (Å²) < 4.78 is 16.1. The molecule has 1 saturated carbocycles. The lowest BCUT2D eigenvalue weighted by atomic mass is 9.56. The summed E-state index contributed by atoms with van der Waals surface area (Å²) in [4.78, 5) is 14.3. The van der Waals surface area contributed by atoms with Crippen LogP contribution in [-0.2, 0) is 15.9 Å². The molecule has 1 aromatic carbocycles. The zero-order valence-electron chi connectivity index (χ0n) is 19.4. The van der Waals surface area contributed by atoms with Crippen LogP contribution in [0.25, 0.3) is 0 Å². The molecular weight excluding hydrogens is 378 g/mol. The lowest BCUT2D eigenvalue weighted by molar-refractivity contribution is -0.0132. The predicted molar refractivity (Wildman–Crippen MR) is 119 cm³/mol. The first-order valence-electron chi connectivity index (χ1n) is 11.7. The molecular formula is C25H39NO4. The van der Waals surface area contributed by atoms with Gasteiger partial charge < -0.3 is 19.1 Å². The minimum absolute atomic E-state index is 0.125. The van der Waals surface area contributed by atoms with E-state index in [1.54, 1.807) is 0 Å². The maximum Gasteiger partial charge on any atom is 0.511 e. The van der Waals surface area contributed by atoms with Crippen LogP contribution in [0, 0.1) is 5.41 Å². The van der Waals surface area contributed by atoms with E-state index >= 15 is 0 Å². The van der Waals surface area contributed by atoms with Crippen LogP contribution in [0.5, 0.6) is 5.75 Å². The Labute approximate surface area is 182 Å². The Kier molecular flexibility index (Phi) is 7.67. The average molecular weight is 418 g/mol. The zero-order chi connectivity index (χ0) is 21.7. The Morgan fingerprint density at radius 1 is 1.30 bits per heavy atom. The number of fused-ring (bicyclic) bond motifs is 3. The van der Waals surface area contributed by atoms with Gasteiger partial charge in [-0.2, -0.15) is 0 Å². The number of hydrogen-bond donors (Lipinski definition) is 0. The van der Waals surface area contributed by atoms with Gasteiger partial charge in [-0.1, -0.05) is 46.1 Å². The van der Waals surface area contributed by atoms with E-state index in [0.717, 1.165) is 31.6 Å². The van der Waals surface area contributed by atoms with Gasteiger partial charge in [0.1, 0.15) is 11.9 Å². The van der Waals surface area contributed by atoms with Gasteiger partial charge in [0.15, 0.2) is 0 Å². The molecule has 30 heavy (non-hydrogen) atoms. The fourth-order valence-electron chi connectivity index (χ4n) is 5.57. The van der Waals surface area contributed by atoms with Gasteiger partial charge in [-0.3, -0.25) is 0 Å². The fourth-order valence-corrected chi connectivity index (χ4v) is 5.57. The molecule has 0 amide bonds. The van der Waals surface area contributed by atoms with Crippen molar-refractivity contribution in [2.24, 2.45) is 5.41 Å². The van der Waals surface area contributed by atoms with Crippen molar-refractivity contribution >= 4 is 6.16 Å². The van der Waals surface area contributed by atoms with Crippen molar-refractivity contribution in [2.45, 2.75) is 90.7 Å². The van der Waals surface area contributed by atoms with Crippen LogP contribution >= 0.6 is 0 Å². The number of likely N-dealkylation sites (N-methyl/N-ethyl adjacent to an activating group) is 1. The van der Waals surface area contributed by atoms with Gasteiger partial charge in [0.2, 0.25) is 6.79 Å². The van der Waals surface area contributed by atoms with Gasteiger partial charge in [-0.05, 0) is 80.8 Å². The van der Waals surface area contributed by atoms with Crippen molar-refractivity contribution < 1.29 is 19.0 Å². The number of hydrogen-bond acceptors (Lipinski definition) is 5. The number of carbonyl (C=O) groups is 1. The van der Waals surface area contributed by atoms with Gasteiger partial charge >= 0.3 is 6.16 Å². The summed E-state index contributed by atoms with van der Waals surface area (Å²) in [5, 5.41) is 0. The molecule has 1 fully saturated rings. The lowest BCUT2D eigenvalue weighted by Crippen LogP contribution is -2.52. The second kappa shape index (κ2) is 10.0. The Morgan fingerprint density at radius 2 is 2.10 bits per heavy atom. The summed E-state index contributed by atoms with van der Waals surface area (Å²) in [5.74, 6) is 1.32. The van der Waals surface area contributed by atoms with Crippen LogP contribution in [0.3, 0.4) is 0 Å². The van der Waals surface area contributed by atoms with Gasteiger partial charge in [-0.25, -0.2) is 4.79 Å². The Balaban J connectivity index is 1.68. The Bertz CT molecular complexity index is 721. The van der Waals surface area contributed by atoms with Crippen molar-refractivity contribution in [3.63, 3.8) is 0 Å². The average Bonchev–Trinajstić information content (AvgIpc) is 2.72. The van der Waals surface area contributed by atoms with E-state index < -0.39 is 6.16 Å². The molecule has 5 nitrogen and oxygen atoms in total. The summed E-state index contributed by atoms with van der Waals surface area (Å²) in [6.07, 6.45) is 7.21. The van der Waals surface area contributed by atoms with Gasteiger partial charge in [0, 0.05) is 6.04 Å². The van der Waals surface area contributed by atoms with Crippen LogP contribution in [0.2, 0.25) is 0 Å². The zero-order valence-corrected chi connectivity index (χ0v) is 19.4. The van der Waals surface area contributed by atoms with Crippen LogP contribution in [0.1, 0.15) is 83.3 Å². The SMILES string of the molecule is CCCC(C)OC(=O)OCOc1ccc2c(c1)C1CCCC[C@]1(C)[C@@H](N(C)CC)C2. The van der Waals surface area contributed by atoms with E-state index in [2.05, 4.69) is 44.9 Å². The first-order chi connectivity index (χ1) is 14.4. The number of nitrogens with zero attached hydrogens (tertiary/aromatic N) is 1. The number of benzene rings is 1. The van der Waals surface area contributed by atoms with Crippen molar-refractivity contribution in [1.82, 2.24) is 4.90 Å². The van der Waals surface area contributed by atoms with Crippen molar-refractivity contribution in [3.8, 4) is 5.75 Å². The molecule has 0 N–H and O–H groups in total. The first-order valence-corrected chi connectivity index (χ1v) is 11.7. The summed E-state index contributed by atoms with van der Waals surface area (Å²) in [6.45, 7) is 9.62. The minimum Gasteiger partial charge on any atom is -0.457 e. The quantitative estimate of drug-likeness (QED) is 0.389. The lowest BCUT2D eigenvalue weighted by Gasteiger charge is -2.54. The molecule has 4 atom stereocenters. The standard InChI is InChI=1S/C25H39NO4/c1-6-10-18(3)30-24(27)29-17-28-20-13-12-19-15-23(26(5)7-2)25(4)14-9-8-11-22(25)21(19)16-20/h12-13,16,18,22-23H,6-11,14-15,17H2,1-5H3/t18?,22?,23-,25-/m0/s1. The van der Waals surface area contributed by atoms with E-state index in [4.69, 9.17) is 14.2 Å². The third kappa shape index (κ3) is 4.93. The predicted octanol–water partition coefficient (Wildman–Crippen LogP) is 5.91. The highest BCUT2D eigenvalue weighted by molar-refractivity contribution is 5.60. The molecule has 0 heterocycles. The minimum atomic E-state index is -0.667. The summed E-state index contributed by atoms with van der Waals surface area (Å²) >= 11 is 0. The second-order valence-electron chi connectivity index (χ2n) is 9.33. The van der Waals surface area contributed by atoms with E-state index in [-0.39, 0.29) is 12.9 Å². The molecule has 3 rings (SSSR count). The smallest absolute Gasteiger partial charge is 0.457 e. The molecule has 168 valence electrons. The molecule has 2 aliphatic rings. The highest BCUT2D eigenvalue weighted by Gasteiger charge is 2.48. The summed E-state index contributed by atoms with van der Waals surface area (Å²) in [7, 11) is 2.27. The molecule has 1 aromatic rings. The van der Waals surface area contributed by atoms with E-state index in [1.807, 2.05) is 13.0 Å². The molecule has 0 aliphatic heterocycles. The largest absolute Gasteiger partial charge is 0.511 e. The van der Waals surface area contributed by atoms with Gasteiger partial charge in [0.25, 0.3) is 0 Å². The molecule has 0 bridgehead atoms. The highest BCUT2D eigenvalue weighted by Crippen LogP contribution is 2.55. The molecule has 0 aromatic heterocycles. The maximum absolute atomic E-state index is 11.8.